The third-order valence-corrected chi connectivity index (χ3v) is 1.66. The molecule has 0 saturated heterocycles. The van der Waals surface area contributed by atoms with Crippen LogP contribution in [0, 0.1) is 24.5 Å². The minimum Gasteiger partial charge on any atom is -0.219 e. The van der Waals surface area contributed by atoms with Gasteiger partial charge in [0.2, 0.25) is 5.95 Å². The van der Waals surface area contributed by atoms with Crippen LogP contribution in [0.5, 0.6) is 0 Å². The monoisotopic (exact) mass is 175 g/mol. The van der Waals surface area contributed by atoms with Crippen LogP contribution in [0.15, 0.2) is 0 Å². The predicted molar refractivity (Wildman–Crippen MR) is 38.2 cm³/mol. The van der Waals surface area contributed by atoms with Gasteiger partial charge >= 0.3 is 0 Å². The summed E-state index contributed by atoms with van der Waals surface area (Å²) in [4.78, 5) is 3.13. The fraction of sp³-hybridized carbons (Fsp3) is 0.375. The summed E-state index contributed by atoms with van der Waals surface area (Å²) >= 11 is 0. The van der Waals surface area contributed by atoms with E-state index in [1.165, 1.54) is 6.92 Å². The number of halogens is 3. The first-order chi connectivity index (χ1) is 5.57. The molecule has 66 valence electrons. The maximum atomic E-state index is 13.0. The Bertz CT molecular complexity index is 310. The number of hydrogen-bond donors (Lipinski definition) is 0. The van der Waals surface area contributed by atoms with Crippen LogP contribution >= 0.6 is 0 Å². The third-order valence-electron chi connectivity index (χ3n) is 1.66. The van der Waals surface area contributed by atoms with E-state index in [2.05, 4.69) is 4.98 Å². The Morgan fingerprint density at radius 1 is 1.17 bits per heavy atom. The minimum absolute atomic E-state index is 0.0357. The zero-order chi connectivity index (χ0) is 9.30. The number of hydrogen-bond acceptors (Lipinski definition) is 1. The highest BCUT2D eigenvalue weighted by Crippen LogP contribution is 2.16. The summed E-state index contributed by atoms with van der Waals surface area (Å²) in [5.41, 5.74) is -0.342. The molecular weight excluding hydrogens is 167 g/mol. The molecule has 0 radical (unpaired) electrons. The van der Waals surface area contributed by atoms with Crippen molar-refractivity contribution in [2.24, 2.45) is 0 Å². The van der Waals surface area contributed by atoms with Gasteiger partial charge in [0.1, 0.15) is 0 Å². The maximum Gasteiger partial charge on any atom is 0.249 e. The fourth-order valence-electron chi connectivity index (χ4n) is 0.918. The van der Waals surface area contributed by atoms with Crippen LogP contribution in [0.1, 0.15) is 18.2 Å². The molecule has 0 amide bonds. The summed E-state index contributed by atoms with van der Waals surface area (Å²) < 4.78 is 38.2. The molecule has 0 aliphatic carbocycles. The first-order valence-electron chi connectivity index (χ1n) is 3.57. The van der Waals surface area contributed by atoms with Gasteiger partial charge in [-0.2, -0.15) is 4.39 Å². The zero-order valence-corrected chi connectivity index (χ0v) is 6.79. The van der Waals surface area contributed by atoms with E-state index < -0.39 is 17.6 Å². The molecule has 1 rings (SSSR count). The molecule has 0 aromatic carbocycles. The van der Waals surface area contributed by atoms with Crippen LogP contribution < -0.4 is 0 Å². The van der Waals surface area contributed by atoms with Crippen molar-refractivity contribution in [3.63, 3.8) is 0 Å². The van der Waals surface area contributed by atoms with Crippen molar-refractivity contribution in [1.29, 1.82) is 0 Å². The van der Waals surface area contributed by atoms with Crippen molar-refractivity contribution >= 4 is 0 Å². The Labute approximate surface area is 68.2 Å². The van der Waals surface area contributed by atoms with E-state index in [1.54, 1.807) is 6.92 Å². The molecular formula is C8H8F3N. The second-order valence-electron chi connectivity index (χ2n) is 2.46. The first kappa shape index (κ1) is 9.03. The van der Waals surface area contributed by atoms with Crippen LogP contribution in [0.25, 0.3) is 0 Å². The SMILES string of the molecule is CCc1nc(F)c(F)c(C)c1F. The van der Waals surface area contributed by atoms with Crippen LogP contribution in [-0.4, -0.2) is 4.98 Å². The Morgan fingerprint density at radius 3 is 2.25 bits per heavy atom. The number of rotatable bonds is 1. The fourth-order valence-corrected chi connectivity index (χ4v) is 0.918. The first-order valence-corrected chi connectivity index (χ1v) is 3.57. The lowest BCUT2D eigenvalue weighted by atomic mass is 10.2. The topological polar surface area (TPSA) is 12.9 Å². The molecule has 4 heteroatoms. The lowest BCUT2D eigenvalue weighted by Crippen LogP contribution is -2.03. The molecule has 1 aromatic heterocycles. The molecule has 0 fully saturated rings. The van der Waals surface area contributed by atoms with Crippen molar-refractivity contribution in [3.05, 3.63) is 28.8 Å². The van der Waals surface area contributed by atoms with Crippen molar-refractivity contribution in [2.45, 2.75) is 20.3 Å². The van der Waals surface area contributed by atoms with Gasteiger partial charge < -0.3 is 0 Å². The summed E-state index contributed by atoms with van der Waals surface area (Å²) in [5.74, 6) is -3.19. The van der Waals surface area contributed by atoms with E-state index in [0.29, 0.717) is 0 Å². The zero-order valence-electron chi connectivity index (χ0n) is 6.79. The van der Waals surface area contributed by atoms with Gasteiger partial charge in [-0.25, -0.2) is 13.8 Å². The highest BCUT2D eigenvalue weighted by Gasteiger charge is 2.15. The average Bonchev–Trinajstić information content (AvgIpc) is 2.08. The quantitative estimate of drug-likeness (QED) is 0.597. The van der Waals surface area contributed by atoms with Crippen LogP contribution in [-0.2, 0) is 6.42 Å². The molecule has 0 aliphatic heterocycles. The molecule has 0 N–H and O–H groups in total. The van der Waals surface area contributed by atoms with Gasteiger partial charge in [0.15, 0.2) is 11.6 Å². The van der Waals surface area contributed by atoms with E-state index in [9.17, 15) is 13.2 Å². The highest BCUT2D eigenvalue weighted by molar-refractivity contribution is 5.20. The summed E-state index contributed by atoms with van der Waals surface area (Å²) in [7, 11) is 0. The van der Waals surface area contributed by atoms with E-state index >= 15 is 0 Å². The predicted octanol–water partition coefficient (Wildman–Crippen LogP) is 2.37. The Morgan fingerprint density at radius 2 is 1.75 bits per heavy atom. The molecule has 1 heterocycles. The Hall–Kier alpha value is -1.06. The summed E-state index contributed by atoms with van der Waals surface area (Å²) in [6.07, 6.45) is 0.254. The van der Waals surface area contributed by atoms with Crippen LogP contribution in [0.2, 0.25) is 0 Å². The van der Waals surface area contributed by atoms with Crippen molar-refractivity contribution in [1.82, 2.24) is 4.98 Å². The van der Waals surface area contributed by atoms with Gasteiger partial charge in [-0.3, -0.25) is 0 Å². The van der Waals surface area contributed by atoms with Crippen molar-refractivity contribution in [3.8, 4) is 0 Å². The molecule has 1 aromatic rings. The van der Waals surface area contributed by atoms with E-state index in [-0.39, 0.29) is 17.7 Å². The standard InChI is InChI=1S/C8H8F3N/c1-3-5-6(9)4(2)7(10)8(11)12-5/h3H2,1-2H3. The van der Waals surface area contributed by atoms with Gasteiger partial charge in [0.25, 0.3) is 0 Å². The summed E-state index contributed by atoms with van der Waals surface area (Å²) in [5, 5.41) is 0. The Balaban J connectivity index is 3.39. The summed E-state index contributed by atoms with van der Waals surface area (Å²) in [6, 6.07) is 0. The number of aryl methyl sites for hydroxylation is 1. The molecule has 0 atom stereocenters. The number of nitrogens with zero attached hydrogens (tertiary/aromatic N) is 1. The number of aromatic nitrogens is 1. The maximum absolute atomic E-state index is 13.0. The molecule has 1 nitrogen and oxygen atoms in total. The second kappa shape index (κ2) is 3.13. The molecule has 0 bridgehead atoms. The van der Waals surface area contributed by atoms with Crippen LogP contribution in [0.4, 0.5) is 13.2 Å². The Kier molecular flexibility index (Phi) is 2.35. The smallest absolute Gasteiger partial charge is 0.219 e. The molecule has 0 unspecified atom stereocenters. The number of pyridine rings is 1. The lowest BCUT2D eigenvalue weighted by molar-refractivity contribution is 0.448. The molecule has 0 saturated carbocycles. The minimum atomic E-state index is -1.23. The van der Waals surface area contributed by atoms with Crippen molar-refractivity contribution in [2.75, 3.05) is 0 Å². The largest absolute Gasteiger partial charge is 0.249 e. The molecule has 0 spiro atoms. The van der Waals surface area contributed by atoms with E-state index in [4.69, 9.17) is 0 Å². The third kappa shape index (κ3) is 1.29. The van der Waals surface area contributed by atoms with E-state index in [0.717, 1.165) is 0 Å². The average molecular weight is 175 g/mol. The van der Waals surface area contributed by atoms with Gasteiger partial charge in [-0.15, -0.1) is 0 Å². The van der Waals surface area contributed by atoms with E-state index in [1.807, 2.05) is 0 Å². The summed E-state index contributed by atoms with van der Waals surface area (Å²) in [6.45, 7) is 2.82. The molecule has 0 aliphatic rings. The van der Waals surface area contributed by atoms with Crippen molar-refractivity contribution < 1.29 is 13.2 Å². The molecule has 12 heavy (non-hydrogen) atoms. The second-order valence-corrected chi connectivity index (χ2v) is 2.46. The van der Waals surface area contributed by atoms with Gasteiger partial charge in [0, 0.05) is 5.56 Å². The normalized spacial score (nSPS) is 10.4. The van der Waals surface area contributed by atoms with Gasteiger partial charge in [0.05, 0.1) is 5.69 Å². The lowest BCUT2D eigenvalue weighted by Gasteiger charge is -2.03. The van der Waals surface area contributed by atoms with Gasteiger partial charge in [-0.1, -0.05) is 6.92 Å². The van der Waals surface area contributed by atoms with Crippen LogP contribution in [0.3, 0.4) is 0 Å². The highest BCUT2D eigenvalue weighted by atomic mass is 19.2. The van der Waals surface area contributed by atoms with Gasteiger partial charge in [-0.05, 0) is 13.3 Å².